The summed E-state index contributed by atoms with van der Waals surface area (Å²) in [6.07, 6.45) is 0. The molecule has 6 rings (SSSR count). The minimum Gasteiger partial charge on any atom is -0.497 e. The number of ether oxygens (including phenoxy) is 12. The number of benzene rings is 6. The Labute approximate surface area is 479 Å². The Balaban J connectivity index is 0.000000922. The molecule has 409 valence electrons. The molecule has 1 radical (unpaired) electrons. The Morgan fingerprint density at radius 1 is 0.203 bits per heavy atom. The third kappa shape index (κ3) is 27.7. The smallest absolute Gasteiger partial charge is 0.497 e. The summed E-state index contributed by atoms with van der Waals surface area (Å²) in [4.78, 5) is 19.8. The van der Waals surface area contributed by atoms with Crippen molar-refractivity contribution in [2.75, 3.05) is 85.3 Å². The van der Waals surface area contributed by atoms with Crippen LogP contribution in [0, 0.1) is 39.4 Å². The van der Waals surface area contributed by atoms with Crippen molar-refractivity contribution < 1.29 is 76.9 Å². The second-order valence-corrected chi connectivity index (χ2v) is 15.2. The Bertz CT molecular complexity index is 2370. The SMILES string of the molecule is [C-]#[N+]Cc1cc(OC)cc(OC)c1.[C-]#[N+]Cc1cc(OC)cc(OC)c1.[C-]#[N+]Cc1cc(OC)cc(OC)c1.[C-]#[N+]Cc1cc(OC)cc(OC)c1.[C-]#[N+]Cc1cc(OC)cc(OC)c1.[C-]#[N+]Cc1cc(OC)cc(OC)c1.[Tc+6]. The van der Waals surface area contributed by atoms with E-state index >= 15 is 0 Å². The Hall–Kier alpha value is -9.49. The third-order valence-electron chi connectivity index (χ3n) is 10.0. The summed E-state index contributed by atoms with van der Waals surface area (Å²) < 4.78 is 60.7. The second kappa shape index (κ2) is 41.7. The van der Waals surface area contributed by atoms with E-state index in [9.17, 15) is 0 Å². The van der Waals surface area contributed by atoms with Crippen LogP contribution in [0.1, 0.15) is 33.4 Å². The van der Waals surface area contributed by atoms with E-state index in [1.165, 1.54) is 0 Å². The van der Waals surface area contributed by atoms with Gasteiger partial charge in [0, 0.05) is 69.8 Å². The van der Waals surface area contributed by atoms with E-state index in [1.54, 1.807) is 122 Å². The monoisotopic (exact) mass is 1160 g/mol. The first-order valence-corrected chi connectivity index (χ1v) is 23.1. The fourth-order valence-corrected chi connectivity index (χ4v) is 6.29. The van der Waals surface area contributed by atoms with Crippen molar-refractivity contribution in [3.63, 3.8) is 0 Å². The van der Waals surface area contributed by atoms with E-state index in [-0.39, 0.29) is 20.1 Å². The largest absolute Gasteiger partial charge is 6.00 e. The molecule has 0 saturated carbocycles. The molecule has 0 aliphatic rings. The van der Waals surface area contributed by atoms with Crippen molar-refractivity contribution in [3.05, 3.63) is 211 Å². The number of nitrogens with zero attached hydrogens (tertiary/aromatic N) is 6. The molecule has 19 heteroatoms. The van der Waals surface area contributed by atoms with E-state index in [2.05, 4.69) is 29.1 Å². The maximum absolute atomic E-state index is 6.74. The van der Waals surface area contributed by atoms with Crippen molar-refractivity contribution >= 4 is 0 Å². The van der Waals surface area contributed by atoms with Crippen LogP contribution in [0.3, 0.4) is 0 Å². The number of hydrogen-bond acceptors (Lipinski definition) is 12. The van der Waals surface area contributed by atoms with Gasteiger partial charge in [0.25, 0.3) is 0 Å². The van der Waals surface area contributed by atoms with E-state index in [1.807, 2.05) is 72.8 Å². The molecule has 0 N–H and O–H groups in total. The predicted molar refractivity (Wildman–Crippen MR) is 299 cm³/mol. The van der Waals surface area contributed by atoms with Crippen LogP contribution >= 0.6 is 0 Å². The number of methoxy groups -OCH3 is 12. The zero-order valence-electron chi connectivity index (χ0n) is 46.6. The molecule has 0 unspecified atom stereocenters. The van der Waals surface area contributed by atoms with Crippen LogP contribution in [-0.2, 0) is 59.4 Å². The van der Waals surface area contributed by atoms with Crippen molar-refractivity contribution in [3.8, 4) is 69.0 Å². The van der Waals surface area contributed by atoms with Crippen LogP contribution in [0.4, 0.5) is 0 Å². The first kappa shape index (κ1) is 69.5. The maximum atomic E-state index is 6.74. The maximum Gasteiger partial charge on any atom is 6.00 e. The molecule has 0 aromatic heterocycles. The van der Waals surface area contributed by atoms with Gasteiger partial charge < -0.3 is 85.9 Å². The van der Waals surface area contributed by atoms with Gasteiger partial charge in [-0.05, 0) is 72.8 Å². The molecule has 0 bridgehead atoms. The first-order chi connectivity index (χ1) is 37.8. The van der Waals surface area contributed by atoms with Crippen LogP contribution < -0.4 is 56.8 Å². The molecule has 0 saturated heterocycles. The molecule has 0 heterocycles. The molecule has 0 atom stereocenters. The van der Waals surface area contributed by atoms with Crippen LogP contribution in [0.2, 0.25) is 0 Å². The molecular formula is C60H66N6O12Tc+6. The number of rotatable bonds is 18. The minimum absolute atomic E-state index is 0. The molecule has 0 amide bonds. The Kier molecular flexibility index (Phi) is 36.7. The standard InChI is InChI=1S/6C10H11NO2.Tc/c6*1-11-7-8-4-9(12-2)6-10(5-8)13-3;/h6*4-6H,7H2,2-3H3;/q;;;;;;+6. The van der Waals surface area contributed by atoms with Crippen LogP contribution in [0.15, 0.2) is 109 Å². The van der Waals surface area contributed by atoms with Gasteiger partial charge >= 0.3 is 20.1 Å². The van der Waals surface area contributed by atoms with Crippen LogP contribution in [-0.4, -0.2) is 85.3 Å². The van der Waals surface area contributed by atoms with Crippen molar-refractivity contribution in [2.24, 2.45) is 0 Å². The van der Waals surface area contributed by atoms with Crippen molar-refractivity contribution in [1.82, 2.24) is 0 Å². The van der Waals surface area contributed by atoms with Gasteiger partial charge in [0.15, 0.2) is 0 Å². The van der Waals surface area contributed by atoms with Gasteiger partial charge in [0.1, 0.15) is 69.0 Å². The minimum atomic E-state index is 0. The zero-order valence-corrected chi connectivity index (χ0v) is 48.5. The Morgan fingerprint density at radius 2 is 0.291 bits per heavy atom. The molecule has 0 aliphatic carbocycles. The summed E-state index contributed by atoms with van der Waals surface area (Å²) in [5.74, 6) is 8.64. The summed E-state index contributed by atoms with van der Waals surface area (Å²) in [6.45, 7) is 42.6. The summed E-state index contributed by atoms with van der Waals surface area (Å²) >= 11 is 0. The Morgan fingerprint density at radius 3 is 0.354 bits per heavy atom. The van der Waals surface area contributed by atoms with E-state index in [0.29, 0.717) is 39.3 Å². The third-order valence-corrected chi connectivity index (χ3v) is 10.0. The van der Waals surface area contributed by atoms with Crippen molar-refractivity contribution in [2.45, 2.75) is 39.3 Å². The molecule has 6 aromatic carbocycles. The second-order valence-electron chi connectivity index (χ2n) is 15.2. The molecule has 0 spiro atoms. The van der Waals surface area contributed by atoms with Gasteiger partial charge in [0.05, 0.1) is 85.3 Å². The quantitative estimate of drug-likeness (QED) is 0.0758. The average molecular weight is 1160 g/mol. The van der Waals surface area contributed by atoms with Gasteiger partial charge in [-0.25, -0.2) is 39.4 Å². The van der Waals surface area contributed by atoms with Gasteiger partial charge in [-0.15, -0.1) is 0 Å². The van der Waals surface area contributed by atoms with Crippen LogP contribution in [0.25, 0.3) is 29.1 Å². The summed E-state index contributed by atoms with van der Waals surface area (Å²) in [7, 11) is 19.1. The molecule has 0 aliphatic heterocycles. The molecule has 6 aromatic rings. The van der Waals surface area contributed by atoms with Gasteiger partial charge in [-0.3, -0.25) is 0 Å². The topological polar surface area (TPSA) is 137 Å². The summed E-state index contributed by atoms with van der Waals surface area (Å²) in [6, 6.07) is 32.7. The normalized spacial score (nSPS) is 8.89. The fraction of sp³-hybridized carbons (Fsp3) is 0.300. The first-order valence-electron chi connectivity index (χ1n) is 23.1. The van der Waals surface area contributed by atoms with Gasteiger partial charge in [-0.1, -0.05) is 0 Å². The van der Waals surface area contributed by atoms with E-state index < -0.39 is 0 Å². The summed E-state index contributed by atoms with van der Waals surface area (Å²) in [5.41, 5.74) is 5.45. The van der Waals surface area contributed by atoms with Gasteiger partial charge in [-0.2, -0.15) is 0 Å². The average Bonchev–Trinajstić information content (AvgIpc) is 3.47. The van der Waals surface area contributed by atoms with Gasteiger partial charge in [0.2, 0.25) is 39.3 Å². The predicted octanol–water partition coefficient (Wildman–Crippen LogP) is 12.7. The molecular weight excluding hydrogens is 1090 g/mol. The van der Waals surface area contributed by atoms with E-state index in [0.717, 1.165) is 102 Å². The van der Waals surface area contributed by atoms with E-state index in [4.69, 9.17) is 96.3 Å². The van der Waals surface area contributed by atoms with Crippen LogP contribution in [0.5, 0.6) is 69.0 Å². The fourth-order valence-electron chi connectivity index (χ4n) is 6.29. The molecule has 79 heavy (non-hydrogen) atoms. The molecule has 18 nitrogen and oxygen atoms in total. The summed E-state index contributed by atoms with van der Waals surface area (Å²) in [5, 5.41) is 0. The number of hydrogen-bond donors (Lipinski definition) is 0. The van der Waals surface area contributed by atoms with Crippen molar-refractivity contribution in [1.29, 1.82) is 0 Å². The zero-order chi connectivity index (χ0) is 58.1. The molecule has 0 fully saturated rings.